The van der Waals surface area contributed by atoms with Gasteiger partial charge in [0.2, 0.25) is 0 Å². The molecule has 2 nitrogen and oxygen atoms in total. The summed E-state index contributed by atoms with van der Waals surface area (Å²) >= 11 is 9.29. The molecule has 0 unspecified atom stereocenters. The van der Waals surface area contributed by atoms with Crippen LogP contribution in [0.4, 0.5) is 0 Å². The molecular formula is C11H11BrClNO. The van der Waals surface area contributed by atoms with E-state index in [0.29, 0.717) is 30.5 Å². The molecule has 0 heterocycles. The van der Waals surface area contributed by atoms with Gasteiger partial charge in [-0.1, -0.05) is 33.5 Å². The summed E-state index contributed by atoms with van der Waals surface area (Å²) in [5, 5.41) is 3.63. The first kappa shape index (κ1) is 12.4. The molecule has 0 aliphatic heterocycles. The maximum atomic E-state index is 5.94. The summed E-state index contributed by atoms with van der Waals surface area (Å²) in [7, 11) is 0. The topological polar surface area (TPSA) is 21.3 Å². The fourth-order valence-corrected chi connectivity index (χ4v) is 1.49. The number of ether oxygens (including phenoxy) is 1. The third-order valence-corrected chi connectivity index (χ3v) is 2.46. The van der Waals surface area contributed by atoms with Gasteiger partial charge in [0, 0.05) is 11.0 Å². The molecule has 80 valence electrons. The molecule has 0 bridgehead atoms. The number of benzene rings is 1. The van der Waals surface area contributed by atoms with Crippen LogP contribution in [-0.4, -0.2) is 19.7 Å². The normalized spacial score (nSPS) is 9.67. The van der Waals surface area contributed by atoms with Crippen molar-refractivity contribution in [3.8, 4) is 18.1 Å². The van der Waals surface area contributed by atoms with E-state index in [9.17, 15) is 0 Å². The van der Waals surface area contributed by atoms with Crippen LogP contribution in [-0.2, 0) is 0 Å². The minimum Gasteiger partial charge on any atom is -0.491 e. The molecule has 1 N–H and O–H groups in total. The van der Waals surface area contributed by atoms with Gasteiger partial charge in [0.25, 0.3) is 0 Å². The lowest BCUT2D eigenvalue weighted by Crippen LogP contribution is -2.21. The minimum atomic E-state index is 0.540. The van der Waals surface area contributed by atoms with Crippen molar-refractivity contribution in [2.75, 3.05) is 19.7 Å². The molecule has 1 aromatic carbocycles. The number of hydrogen-bond donors (Lipinski definition) is 1. The Bertz CT molecular complexity index is 362. The summed E-state index contributed by atoms with van der Waals surface area (Å²) in [4.78, 5) is 0. The van der Waals surface area contributed by atoms with Gasteiger partial charge in [-0.05, 0) is 18.2 Å². The van der Waals surface area contributed by atoms with Crippen molar-refractivity contribution in [2.45, 2.75) is 0 Å². The van der Waals surface area contributed by atoms with E-state index in [0.717, 1.165) is 4.47 Å². The van der Waals surface area contributed by atoms with E-state index >= 15 is 0 Å². The molecule has 4 heteroatoms. The lowest BCUT2D eigenvalue weighted by atomic mass is 10.3. The Balaban J connectivity index is 2.37. The van der Waals surface area contributed by atoms with Crippen molar-refractivity contribution in [1.82, 2.24) is 5.32 Å². The molecule has 0 aromatic heterocycles. The fourth-order valence-electron chi connectivity index (χ4n) is 0.982. The molecule has 0 aliphatic carbocycles. The number of hydrogen-bond acceptors (Lipinski definition) is 2. The van der Waals surface area contributed by atoms with Gasteiger partial charge in [-0.25, -0.2) is 0 Å². The van der Waals surface area contributed by atoms with Gasteiger partial charge in [0.1, 0.15) is 12.4 Å². The van der Waals surface area contributed by atoms with Crippen LogP contribution >= 0.6 is 27.5 Å². The number of halogens is 2. The van der Waals surface area contributed by atoms with E-state index in [1.54, 1.807) is 6.07 Å². The monoisotopic (exact) mass is 287 g/mol. The summed E-state index contributed by atoms with van der Waals surface area (Å²) in [6.45, 7) is 1.79. The molecule has 0 amide bonds. The van der Waals surface area contributed by atoms with E-state index in [1.807, 2.05) is 12.1 Å². The quantitative estimate of drug-likeness (QED) is 0.664. The van der Waals surface area contributed by atoms with Crippen LogP contribution in [0.15, 0.2) is 22.7 Å². The highest BCUT2D eigenvalue weighted by molar-refractivity contribution is 9.10. The maximum Gasteiger partial charge on any atom is 0.139 e. The second-order valence-electron chi connectivity index (χ2n) is 2.80. The van der Waals surface area contributed by atoms with E-state index in [2.05, 4.69) is 27.2 Å². The zero-order chi connectivity index (χ0) is 11.1. The third kappa shape index (κ3) is 4.57. The first-order chi connectivity index (χ1) is 7.24. The molecule has 0 saturated heterocycles. The summed E-state index contributed by atoms with van der Waals surface area (Å²) < 4.78 is 6.41. The van der Waals surface area contributed by atoms with Gasteiger partial charge in [-0.3, -0.25) is 0 Å². The Kier molecular flexibility index (Phi) is 5.56. The summed E-state index contributed by atoms with van der Waals surface area (Å²) in [5.74, 6) is 3.16. The van der Waals surface area contributed by atoms with Crippen molar-refractivity contribution in [3.05, 3.63) is 27.7 Å². The number of rotatable bonds is 5. The average molecular weight is 289 g/mol. The van der Waals surface area contributed by atoms with E-state index in [4.69, 9.17) is 22.8 Å². The lowest BCUT2D eigenvalue weighted by molar-refractivity contribution is 0.317. The van der Waals surface area contributed by atoms with Crippen LogP contribution in [0.3, 0.4) is 0 Å². The van der Waals surface area contributed by atoms with Crippen LogP contribution < -0.4 is 10.1 Å². The molecule has 1 rings (SSSR count). The molecule has 0 aliphatic rings. The highest BCUT2D eigenvalue weighted by Gasteiger charge is 2.01. The van der Waals surface area contributed by atoms with E-state index in [1.165, 1.54) is 0 Å². The molecule has 15 heavy (non-hydrogen) atoms. The fraction of sp³-hybridized carbons (Fsp3) is 0.273. The van der Waals surface area contributed by atoms with Crippen LogP contribution in [0.25, 0.3) is 0 Å². The van der Waals surface area contributed by atoms with E-state index in [-0.39, 0.29) is 0 Å². The smallest absolute Gasteiger partial charge is 0.139 e. The molecule has 0 fully saturated rings. The summed E-state index contributed by atoms with van der Waals surface area (Å²) in [6.07, 6.45) is 5.09. The largest absolute Gasteiger partial charge is 0.491 e. The maximum absolute atomic E-state index is 5.94. The zero-order valence-electron chi connectivity index (χ0n) is 8.09. The van der Waals surface area contributed by atoms with Crippen molar-refractivity contribution >= 4 is 27.5 Å². The first-order valence-corrected chi connectivity index (χ1v) is 5.63. The van der Waals surface area contributed by atoms with Gasteiger partial charge < -0.3 is 10.1 Å². The van der Waals surface area contributed by atoms with Crippen molar-refractivity contribution in [3.63, 3.8) is 0 Å². The first-order valence-electron chi connectivity index (χ1n) is 4.46. The zero-order valence-corrected chi connectivity index (χ0v) is 10.4. The van der Waals surface area contributed by atoms with Crippen LogP contribution in [0.2, 0.25) is 5.02 Å². The average Bonchev–Trinajstić information content (AvgIpc) is 2.23. The van der Waals surface area contributed by atoms with Gasteiger partial charge in [0.15, 0.2) is 0 Å². The SMILES string of the molecule is C#CCNCCOc1cc(Br)ccc1Cl. The van der Waals surface area contributed by atoms with Crippen molar-refractivity contribution in [2.24, 2.45) is 0 Å². The Morgan fingerprint density at radius 2 is 2.33 bits per heavy atom. The Hall–Kier alpha value is -0.690. The highest BCUT2D eigenvalue weighted by atomic mass is 79.9. The predicted octanol–water partition coefficient (Wildman–Crippen LogP) is 2.70. The Morgan fingerprint density at radius 1 is 1.53 bits per heavy atom. The number of nitrogens with one attached hydrogen (secondary N) is 1. The molecule has 0 saturated carbocycles. The molecule has 0 atom stereocenters. The van der Waals surface area contributed by atoms with Gasteiger partial charge >= 0.3 is 0 Å². The van der Waals surface area contributed by atoms with Crippen molar-refractivity contribution in [1.29, 1.82) is 0 Å². The Labute approximate surface area is 103 Å². The van der Waals surface area contributed by atoms with Gasteiger partial charge in [0.05, 0.1) is 11.6 Å². The third-order valence-electron chi connectivity index (χ3n) is 1.66. The second kappa shape index (κ2) is 6.73. The Morgan fingerprint density at radius 3 is 3.07 bits per heavy atom. The standard InChI is InChI=1S/C11H11BrClNO/c1-2-5-14-6-7-15-11-8-9(12)3-4-10(11)13/h1,3-4,8,14H,5-7H2. The highest BCUT2D eigenvalue weighted by Crippen LogP contribution is 2.27. The lowest BCUT2D eigenvalue weighted by Gasteiger charge is -2.08. The van der Waals surface area contributed by atoms with Crippen LogP contribution in [0, 0.1) is 12.3 Å². The minimum absolute atomic E-state index is 0.540. The molecule has 0 spiro atoms. The van der Waals surface area contributed by atoms with Gasteiger partial charge in [-0.2, -0.15) is 0 Å². The van der Waals surface area contributed by atoms with E-state index < -0.39 is 0 Å². The van der Waals surface area contributed by atoms with Gasteiger partial charge in [-0.15, -0.1) is 6.42 Å². The summed E-state index contributed by atoms with van der Waals surface area (Å²) in [5.41, 5.74) is 0. The number of terminal acetylenes is 1. The van der Waals surface area contributed by atoms with Crippen molar-refractivity contribution < 1.29 is 4.74 Å². The van der Waals surface area contributed by atoms with Crippen LogP contribution in [0.1, 0.15) is 0 Å². The predicted molar refractivity (Wildman–Crippen MR) is 66.3 cm³/mol. The molecule has 1 aromatic rings. The molecular weight excluding hydrogens is 277 g/mol. The summed E-state index contributed by atoms with van der Waals surface area (Å²) in [6, 6.07) is 5.49. The van der Waals surface area contributed by atoms with Crippen LogP contribution in [0.5, 0.6) is 5.75 Å². The molecule has 0 radical (unpaired) electrons. The second-order valence-corrected chi connectivity index (χ2v) is 4.13.